The number of rotatable bonds is 1. The predicted octanol–water partition coefficient (Wildman–Crippen LogP) is 4.73. The van der Waals surface area contributed by atoms with E-state index in [9.17, 15) is 0 Å². The number of hydrogen-bond acceptors (Lipinski definition) is 0. The number of halogens is 2. The van der Waals surface area contributed by atoms with Gasteiger partial charge in [-0.2, -0.15) is 0 Å². The van der Waals surface area contributed by atoms with Crippen LogP contribution in [0.5, 0.6) is 0 Å². The van der Waals surface area contributed by atoms with E-state index in [2.05, 4.69) is 18.2 Å². The van der Waals surface area contributed by atoms with Gasteiger partial charge in [0.1, 0.15) is 0 Å². The van der Waals surface area contributed by atoms with Crippen LogP contribution in [0, 0.1) is 0 Å². The lowest BCUT2D eigenvalue weighted by molar-refractivity contribution is 1.04. The minimum absolute atomic E-state index is 0.680. The van der Waals surface area contributed by atoms with E-state index in [0.717, 1.165) is 23.4 Å². The topological polar surface area (TPSA) is 0 Å². The summed E-state index contributed by atoms with van der Waals surface area (Å²) in [6.07, 6.45) is 8.69. The Balaban J connectivity index is 2.41. The lowest BCUT2D eigenvalue weighted by Crippen LogP contribution is -1.86. The predicted molar refractivity (Wildman–Crippen MR) is 62.8 cm³/mol. The number of hydrogen-bond donors (Lipinski definition) is 0. The summed E-state index contributed by atoms with van der Waals surface area (Å²) in [4.78, 5) is 0. The van der Waals surface area contributed by atoms with E-state index in [1.165, 1.54) is 5.57 Å². The Kier molecular flexibility index (Phi) is 2.95. The number of benzene rings is 1. The average molecular weight is 225 g/mol. The van der Waals surface area contributed by atoms with Crippen molar-refractivity contribution in [3.8, 4) is 0 Å². The normalized spacial score (nSPS) is 15.4. The molecular weight excluding hydrogens is 215 g/mol. The summed E-state index contributed by atoms with van der Waals surface area (Å²) in [6, 6.07) is 5.61. The van der Waals surface area contributed by atoms with Crippen LogP contribution in [0.2, 0.25) is 10.0 Å². The van der Waals surface area contributed by atoms with Crippen LogP contribution >= 0.6 is 23.2 Å². The zero-order valence-corrected chi connectivity index (χ0v) is 9.15. The third-order valence-electron chi connectivity index (χ3n) is 2.24. The van der Waals surface area contributed by atoms with Crippen molar-refractivity contribution in [2.24, 2.45) is 0 Å². The van der Waals surface area contributed by atoms with Gasteiger partial charge in [0, 0.05) is 15.6 Å². The van der Waals surface area contributed by atoms with Gasteiger partial charge in [-0.15, -0.1) is 0 Å². The summed E-state index contributed by atoms with van der Waals surface area (Å²) >= 11 is 11.9. The van der Waals surface area contributed by atoms with Gasteiger partial charge in [0.05, 0.1) is 0 Å². The molecule has 1 aliphatic rings. The van der Waals surface area contributed by atoms with E-state index in [4.69, 9.17) is 23.2 Å². The van der Waals surface area contributed by atoms with Gasteiger partial charge in [-0.3, -0.25) is 0 Å². The van der Waals surface area contributed by atoms with E-state index in [0.29, 0.717) is 5.02 Å². The zero-order valence-electron chi connectivity index (χ0n) is 7.63. The zero-order chi connectivity index (χ0) is 9.97. The SMILES string of the molecule is Clc1ccc(C2=CCCC=C2)c(Cl)c1. The minimum atomic E-state index is 0.680. The van der Waals surface area contributed by atoms with Gasteiger partial charge in [-0.1, -0.05) is 47.5 Å². The van der Waals surface area contributed by atoms with Gasteiger partial charge in [0.25, 0.3) is 0 Å². The third kappa shape index (κ3) is 2.02. The Bertz CT molecular complexity index is 403. The van der Waals surface area contributed by atoms with Crippen molar-refractivity contribution in [2.45, 2.75) is 12.8 Å². The summed E-state index contributed by atoms with van der Waals surface area (Å²) in [7, 11) is 0. The van der Waals surface area contributed by atoms with Gasteiger partial charge < -0.3 is 0 Å². The van der Waals surface area contributed by atoms with E-state index in [1.807, 2.05) is 12.1 Å². The molecule has 0 saturated heterocycles. The summed E-state index contributed by atoms with van der Waals surface area (Å²) in [5.74, 6) is 0. The molecule has 0 heterocycles. The Labute approximate surface area is 93.8 Å². The molecule has 0 spiro atoms. The van der Waals surface area contributed by atoms with Crippen LogP contribution in [0.1, 0.15) is 18.4 Å². The second kappa shape index (κ2) is 4.20. The molecule has 0 saturated carbocycles. The fourth-order valence-corrected chi connectivity index (χ4v) is 2.05. The molecular formula is C12H10Cl2. The van der Waals surface area contributed by atoms with Crippen LogP contribution in [-0.2, 0) is 0 Å². The molecule has 1 aliphatic carbocycles. The Morgan fingerprint density at radius 1 is 1.07 bits per heavy atom. The van der Waals surface area contributed by atoms with Gasteiger partial charge in [0.15, 0.2) is 0 Å². The lowest BCUT2D eigenvalue weighted by atomic mass is 10.00. The molecule has 1 aromatic rings. The smallest absolute Gasteiger partial charge is 0.0499 e. The molecule has 0 aliphatic heterocycles. The van der Waals surface area contributed by atoms with E-state index in [-0.39, 0.29) is 0 Å². The van der Waals surface area contributed by atoms with Gasteiger partial charge in [-0.05, 0) is 30.5 Å². The highest BCUT2D eigenvalue weighted by atomic mass is 35.5. The fourth-order valence-electron chi connectivity index (χ4n) is 1.54. The van der Waals surface area contributed by atoms with Crippen molar-refractivity contribution in [2.75, 3.05) is 0 Å². The van der Waals surface area contributed by atoms with Gasteiger partial charge in [0.2, 0.25) is 0 Å². The van der Waals surface area contributed by atoms with Crippen LogP contribution in [0.4, 0.5) is 0 Å². The van der Waals surface area contributed by atoms with Crippen LogP contribution in [0.3, 0.4) is 0 Å². The van der Waals surface area contributed by atoms with E-state index >= 15 is 0 Å². The standard InChI is InChI=1S/C12H10Cl2/c13-10-6-7-11(12(14)8-10)9-4-2-1-3-5-9/h2,4-8H,1,3H2. The molecule has 0 unspecified atom stereocenters. The summed E-state index contributed by atoms with van der Waals surface area (Å²) < 4.78 is 0. The molecule has 2 rings (SSSR count). The molecule has 1 aromatic carbocycles. The maximum Gasteiger partial charge on any atom is 0.0499 e. The minimum Gasteiger partial charge on any atom is -0.0843 e. The van der Waals surface area contributed by atoms with Gasteiger partial charge in [-0.25, -0.2) is 0 Å². The molecule has 72 valence electrons. The van der Waals surface area contributed by atoms with Crippen LogP contribution in [0.15, 0.2) is 36.4 Å². The molecule has 0 aromatic heterocycles. The van der Waals surface area contributed by atoms with Crippen molar-refractivity contribution in [1.82, 2.24) is 0 Å². The highest BCUT2D eigenvalue weighted by Gasteiger charge is 2.05. The lowest BCUT2D eigenvalue weighted by Gasteiger charge is -2.09. The van der Waals surface area contributed by atoms with E-state index < -0.39 is 0 Å². The Morgan fingerprint density at radius 3 is 2.57 bits per heavy atom. The third-order valence-corrected chi connectivity index (χ3v) is 2.78. The van der Waals surface area contributed by atoms with Crippen molar-refractivity contribution >= 4 is 28.8 Å². The Morgan fingerprint density at radius 2 is 1.93 bits per heavy atom. The van der Waals surface area contributed by atoms with Gasteiger partial charge >= 0.3 is 0 Å². The second-order valence-electron chi connectivity index (χ2n) is 3.26. The molecule has 0 radical (unpaired) electrons. The van der Waals surface area contributed by atoms with E-state index in [1.54, 1.807) is 6.07 Å². The molecule has 2 heteroatoms. The maximum absolute atomic E-state index is 6.10. The molecule has 0 N–H and O–H groups in total. The first-order valence-corrected chi connectivity index (χ1v) is 5.35. The maximum atomic E-state index is 6.10. The van der Waals surface area contributed by atoms with Crippen molar-refractivity contribution < 1.29 is 0 Å². The van der Waals surface area contributed by atoms with Crippen LogP contribution < -0.4 is 0 Å². The second-order valence-corrected chi connectivity index (χ2v) is 4.11. The summed E-state index contributed by atoms with van der Waals surface area (Å²) in [6.45, 7) is 0. The molecule has 14 heavy (non-hydrogen) atoms. The summed E-state index contributed by atoms with van der Waals surface area (Å²) in [5.41, 5.74) is 2.25. The molecule has 0 amide bonds. The largest absolute Gasteiger partial charge is 0.0843 e. The Hall–Kier alpha value is -0.720. The summed E-state index contributed by atoms with van der Waals surface area (Å²) in [5, 5.41) is 1.40. The monoisotopic (exact) mass is 224 g/mol. The highest BCUT2D eigenvalue weighted by molar-refractivity contribution is 6.35. The van der Waals surface area contributed by atoms with Crippen molar-refractivity contribution in [1.29, 1.82) is 0 Å². The quantitative estimate of drug-likeness (QED) is 0.648. The first kappa shape index (κ1) is 9.82. The van der Waals surface area contributed by atoms with Crippen LogP contribution in [-0.4, -0.2) is 0 Å². The van der Waals surface area contributed by atoms with Crippen LogP contribution in [0.25, 0.3) is 5.57 Å². The highest BCUT2D eigenvalue weighted by Crippen LogP contribution is 2.29. The fraction of sp³-hybridized carbons (Fsp3) is 0.167. The molecule has 0 bridgehead atoms. The average Bonchev–Trinajstić information content (AvgIpc) is 2.19. The number of allylic oxidation sites excluding steroid dienone is 4. The first-order chi connectivity index (χ1) is 6.77. The molecule has 0 fully saturated rings. The first-order valence-electron chi connectivity index (χ1n) is 4.59. The molecule has 0 nitrogen and oxygen atoms in total. The van der Waals surface area contributed by atoms with Crippen molar-refractivity contribution in [3.05, 3.63) is 52.0 Å². The molecule has 0 atom stereocenters. The van der Waals surface area contributed by atoms with Crippen molar-refractivity contribution in [3.63, 3.8) is 0 Å².